The number of aromatic nitrogens is 2. The number of hydrogen-bond donors (Lipinski definition) is 1. The Bertz CT molecular complexity index is 1460. The Hall–Kier alpha value is -3.98. The Labute approximate surface area is 226 Å². The predicted molar refractivity (Wildman–Crippen MR) is 142 cm³/mol. The number of carbonyl (C=O) groups excluding carboxylic acids is 3. The monoisotopic (exact) mass is 525 g/mol. The smallest absolute Gasteiger partial charge is 0.255 e. The van der Waals surface area contributed by atoms with Crippen molar-refractivity contribution in [2.75, 3.05) is 19.7 Å². The Morgan fingerprint density at radius 3 is 2.62 bits per heavy atom. The van der Waals surface area contributed by atoms with Crippen LogP contribution in [0.4, 0.5) is 0 Å². The molecule has 2 saturated heterocycles. The van der Waals surface area contributed by atoms with Gasteiger partial charge in [0.05, 0.1) is 19.7 Å². The van der Waals surface area contributed by atoms with Gasteiger partial charge in [-0.3, -0.25) is 29.3 Å². The van der Waals surface area contributed by atoms with Crippen LogP contribution < -0.4 is 10.1 Å². The van der Waals surface area contributed by atoms with Crippen molar-refractivity contribution in [3.63, 3.8) is 0 Å². The van der Waals surface area contributed by atoms with Gasteiger partial charge in [0.25, 0.3) is 5.91 Å². The molecule has 9 heteroatoms. The molecule has 0 radical (unpaired) electrons. The summed E-state index contributed by atoms with van der Waals surface area (Å²) in [5.41, 5.74) is 5.20. The first-order valence-corrected chi connectivity index (χ1v) is 13.7. The Morgan fingerprint density at radius 2 is 1.85 bits per heavy atom. The lowest BCUT2D eigenvalue weighted by Crippen LogP contribution is -2.52. The Kier molecular flexibility index (Phi) is 5.77. The second-order valence-electron chi connectivity index (χ2n) is 11.2. The number of amides is 3. The maximum absolute atomic E-state index is 13.2. The maximum atomic E-state index is 13.2. The zero-order valence-electron chi connectivity index (χ0n) is 21.8. The fourth-order valence-corrected chi connectivity index (χ4v) is 6.70. The van der Waals surface area contributed by atoms with E-state index in [1.807, 2.05) is 23.0 Å². The van der Waals surface area contributed by atoms with E-state index < -0.39 is 6.04 Å². The number of hydrogen-bond acceptors (Lipinski definition) is 6. The van der Waals surface area contributed by atoms with Crippen molar-refractivity contribution in [3.8, 4) is 5.75 Å². The minimum Gasteiger partial charge on any atom is -0.492 e. The van der Waals surface area contributed by atoms with Crippen LogP contribution in [-0.2, 0) is 34.6 Å². The van der Waals surface area contributed by atoms with Gasteiger partial charge in [-0.25, -0.2) is 0 Å². The lowest BCUT2D eigenvalue weighted by atomic mass is 9.74. The number of imide groups is 1. The first-order valence-electron chi connectivity index (χ1n) is 13.7. The molecule has 1 unspecified atom stereocenters. The van der Waals surface area contributed by atoms with Gasteiger partial charge in [-0.1, -0.05) is 30.3 Å². The lowest BCUT2D eigenvalue weighted by molar-refractivity contribution is -0.136. The topological polar surface area (TPSA) is 96.8 Å². The van der Waals surface area contributed by atoms with Crippen molar-refractivity contribution < 1.29 is 19.1 Å². The summed E-state index contributed by atoms with van der Waals surface area (Å²) in [5.74, 6) is 0.00691. The lowest BCUT2D eigenvalue weighted by Gasteiger charge is -2.38. The Balaban J connectivity index is 1.04. The van der Waals surface area contributed by atoms with Gasteiger partial charge in [-0.05, 0) is 55.6 Å². The zero-order chi connectivity index (χ0) is 26.6. The van der Waals surface area contributed by atoms with Gasteiger partial charge in [-0.2, -0.15) is 5.10 Å². The average Bonchev–Trinajstić information content (AvgIpc) is 3.65. The summed E-state index contributed by atoms with van der Waals surface area (Å²) in [5, 5.41) is 6.69. The van der Waals surface area contributed by atoms with E-state index in [-0.39, 0.29) is 29.6 Å². The quantitative estimate of drug-likeness (QED) is 0.515. The molecule has 5 heterocycles. The number of likely N-dealkylation sites (tertiary alicyclic amines) is 1. The molecule has 2 aromatic carbocycles. The van der Waals surface area contributed by atoms with E-state index in [1.54, 1.807) is 11.1 Å². The summed E-state index contributed by atoms with van der Waals surface area (Å²) in [7, 11) is 0. The summed E-state index contributed by atoms with van der Waals surface area (Å²) >= 11 is 0. The third-order valence-electron chi connectivity index (χ3n) is 8.85. The summed E-state index contributed by atoms with van der Waals surface area (Å²) in [6, 6.07) is 14.0. The molecule has 0 bridgehead atoms. The van der Waals surface area contributed by atoms with Gasteiger partial charge >= 0.3 is 0 Å². The van der Waals surface area contributed by atoms with Gasteiger partial charge < -0.3 is 9.64 Å². The molecule has 9 nitrogen and oxygen atoms in total. The van der Waals surface area contributed by atoms with Crippen LogP contribution in [0.15, 0.2) is 54.9 Å². The molecule has 1 atom stereocenters. The highest BCUT2D eigenvalue weighted by Gasteiger charge is 2.47. The highest BCUT2D eigenvalue weighted by Crippen LogP contribution is 2.49. The van der Waals surface area contributed by atoms with Crippen molar-refractivity contribution in [3.05, 3.63) is 82.7 Å². The number of ether oxygens (including phenoxy) is 1. The summed E-state index contributed by atoms with van der Waals surface area (Å²) in [6.07, 6.45) is 6.39. The van der Waals surface area contributed by atoms with Gasteiger partial charge in [0.1, 0.15) is 11.8 Å². The number of nitrogens with zero attached hydrogens (tertiary/aromatic N) is 4. The first kappa shape index (κ1) is 24.1. The van der Waals surface area contributed by atoms with Crippen molar-refractivity contribution in [2.24, 2.45) is 0 Å². The highest BCUT2D eigenvalue weighted by atomic mass is 16.5. The van der Waals surface area contributed by atoms with Gasteiger partial charge in [-0.15, -0.1) is 0 Å². The van der Waals surface area contributed by atoms with Crippen LogP contribution in [0.2, 0.25) is 0 Å². The molecule has 7 rings (SSSR count). The summed E-state index contributed by atoms with van der Waals surface area (Å²) < 4.78 is 8.26. The Morgan fingerprint density at radius 1 is 1.03 bits per heavy atom. The molecule has 0 saturated carbocycles. The predicted octanol–water partition coefficient (Wildman–Crippen LogP) is 2.62. The minimum absolute atomic E-state index is 0.0477. The maximum Gasteiger partial charge on any atom is 0.255 e. The van der Waals surface area contributed by atoms with Gasteiger partial charge in [0, 0.05) is 47.5 Å². The normalized spacial score (nSPS) is 22.1. The van der Waals surface area contributed by atoms with Crippen LogP contribution in [0.3, 0.4) is 0 Å². The van der Waals surface area contributed by atoms with E-state index in [4.69, 9.17) is 4.74 Å². The second-order valence-corrected chi connectivity index (χ2v) is 11.2. The molecule has 0 aliphatic carbocycles. The highest BCUT2D eigenvalue weighted by molar-refractivity contribution is 6.05. The molecule has 1 aromatic heterocycles. The SMILES string of the molecule is O=C1CCC(N2Cc3c(ccc4c3OCC43CCN(Cc4cccc(Cn5cccn5)c4)CC3)C2=O)C(=O)N1. The zero-order valence-corrected chi connectivity index (χ0v) is 21.8. The van der Waals surface area contributed by atoms with Crippen LogP contribution in [0.1, 0.15) is 58.3 Å². The number of nitrogens with one attached hydrogen (secondary N) is 1. The van der Waals surface area contributed by atoms with Crippen LogP contribution in [0.25, 0.3) is 0 Å². The standard InChI is InChI=1S/C30H31N5O4/c36-26-8-7-25(28(37)32-26)35-18-23-22(29(35)38)5-6-24-27(23)39-19-30(24)9-13-33(14-10-30)16-20-3-1-4-21(15-20)17-34-12-2-11-31-34/h1-6,11-12,15,25H,7-10,13-14,16-19H2,(H,32,36,37). The molecule has 2 fully saturated rings. The van der Waals surface area contributed by atoms with Gasteiger partial charge in [0.2, 0.25) is 11.8 Å². The van der Waals surface area contributed by atoms with E-state index in [0.29, 0.717) is 25.1 Å². The van der Waals surface area contributed by atoms with Crippen molar-refractivity contribution in [1.82, 2.24) is 24.9 Å². The van der Waals surface area contributed by atoms with Crippen molar-refractivity contribution in [2.45, 2.75) is 56.8 Å². The molecule has 200 valence electrons. The molecule has 4 aliphatic rings. The molecule has 3 aromatic rings. The van der Waals surface area contributed by atoms with E-state index >= 15 is 0 Å². The summed E-state index contributed by atoms with van der Waals surface area (Å²) in [6.45, 7) is 4.61. The number of rotatable bonds is 5. The van der Waals surface area contributed by atoms with Crippen molar-refractivity contribution in [1.29, 1.82) is 0 Å². The second kappa shape index (κ2) is 9.34. The third-order valence-corrected chi connectivity index (χ3v) is 8.85. The molecule has 1 spiro atoms. The molecule has 39 heavy (non-hydrogen) atoms. The van der Waals surface area contributed by atoms with Crippen LogP contribution in [-0.4, -0.2) is 63.0 Å². The largest absolute Gasteiger partial charge is 0.492 e. The molecular formula is C30H31N5O4. The van der Waals surface area contributed by atoms with E-state index in [0.717, 1.165) is 50.3 Å². The van der Waals surface area contributed by atoms with E-state index in [9.17, 15) is 14.4 Å². The minimum atomic E-state index is -0.616. The number of fused-ring (bicyclic) bond motifs is 4. The fourth-order valence-electron chi connectivity index (χ4n) is 6.70. The third kappa shape index (κ3) is 4.21. The van der Waals surface area contributed by atoms with Crippen molar-refractivity contribution >= 4 is 17.7 Å². The van der Waals surface area contributed by atoms with Crippen LogP contribution in [0, 0.1) is 0 Å². The summed E-state index contributed by atoms with van der Waals surface area (Å²) in [4.78, 5) is 41.4. The number of carbonyl (C=O) groups is 3. The molecule has 4 aliphatic heterocycles. The number of benzene rings is 2. The number of piperidine rings is 2. The van der Waals surface area contributed by atoms with Crippen LogP contribution in [0.5, 0.6) is 5.75 Å². The molecular weight excluding hydrogens is 494 g/mol. The molecule has 3 amide bonds. The molecule has 1 N–H and O–H groups in total. The van der Waals surface area contributed by atoms with E-state index in [2.05, 4.69) is 45.6 Å². The average molecular weight is 526 g/mol. The van der Waals surface area contributed by atoms with E-state index in [1.165, 1.54) is 16.7 Å². The first-order chi connectivity index (χ1) is 19.0. The van der Waals surface area contributed by atoms with Gasteiger partial charge in [0.15, 0.2) is 0 Å². The van der Waals surface area contributed by atoms with Crippen LogP contribution >= 0.6 is 0 Å². The fraction of sp³-hybridized carbons (Fsp3) is 0.400.